The van der Waals surface area contributed by atoms with Gasteiger partial charge in [0.15, 0.2) is 11.5 Å². The van der Waals surface area contributed by atoms with E-state index in [0.29, 0.717) is 5.02 Å². The molecule has 0 unspecified atom stereocenters. The van der Waals surface area contributed by atoms with Crippen molar-refractivity contribution in [1.82, 2.24) is 14.8 Å². The van der Waals surface area contributed by atoms with Crippen LogP contribution in [0, 0.1) is 0 Å². The number of carbonyl (C=O) groups is 1. The van der Waals surface area contributed by atoms with E-state index in [1.807, 2.05) is 0 Å². The molecule has 2 aromatic heterocycles. The summed E-state index contributed by atoms with van der Waals surface area (Å²) in [5.74, 6) is -0.0962. The third-order valence-electron chi connectivity index (χ3n) is 2.58. The summed E-state index contributed by atoms with van der Waals surface area (Å²) in [5.41, 5.74) is 0.142. The first-order valence-electron chi connectivity index (χ1n) is 6.55. The molecule has 0 radical (unpaired) electrons. The molecule has 0 N–H and O–H groups in total. The summed E-state index contributed by atoms with van der Waals surface area (Å²) < 4.78 is 11.7. The van der Waals surface area contributed by atoms with E-state index in [4.69, 9.17) is 44.3 Å². The van der Waals surface area contributed by atoms with E-state index in [9.17, 15) is 4.79 Å². The highest BCUT2D eigenvalue weighted by molar-refractivity contribution is 6.55. The minimum atomic E-state index is -0.567. The number of aromatic nitrogens is 3. The molecule has 122 valence electrons. The van der Waals surface area contributed by atoms with E-state index in [1.165, 1.54) is 23.0 Å². The van der Waals surface area contributed by atoms with Gasteiger partial charge in [-0.05, 0) is 25.1 Å². The summed E-state index contributed by atoms with van der Waals surface area (Å²) in [6, 6.07) is 4.74. The van der Waals surface area contributed by atoms with Crippen LogP contribution in [0.2, 0.25) is 5.02 Å². The van der Waals surface area contributed by atoms with Crippen molar-refractivity contribution in [3.63, 3.8) is 0 Å². The van der Waals surface area contributed by atoms with Gasteiger partial charge in [-0.1, -0.05) is 34.8 Å². The molecular formula is C14H12Cl3N3O3. The lowest BCUT2D eigenvalue weighted by molar-refractivity contribution is 0.0515. The fourth-order valence-corrected chi connectivity index (χ4v) is 1.99. The monoisotopic (exact) mass is 375 g/mol. The lowest BCUT2D eigenvalue weighted by Gasteiger charge is -2.06. The molecule has 0 amide bonds. The van der Waals surface area contributed by atoms with Crippen molar-refractivity contribution in [3.8, 4) is 11.7 Å². The van der Waals surface area contributed by atoms with E-state index in [1.54, 1.807) is 19.1 Å². The van der Waals surface area contributed by atoms with Gasteiger partial charge in [0, 0.05) is 12.3 Å². The lowest BCUT2D eigenvalue weighted by Crippen LogP contribution is -2.13. The quantitative estimate of drug-likeness (QED) is 0.718. The highest BCUT2D eigenvalue weighted by atomic mass is 35.5. The van der Waals surface area contributed by atoms with Crippen LogP contribution in [-0.2, 0) is 4.74 Å². The molecule has 0 aliphatic carbocycles. The van der Waals surface area contributed by atoms with E-state index < -0.39 is 5.97 Å². The molecular weight excluding hydrogens is 365 g/mol. The summed E-state index contributed by atoms with van der Waals surface area (Å²) in [6.45, 7) is 2.02. The summed E-state index contributed by atoms with van der Waals surface area (Å²) in [5, 5.41) is 4.50. The van der Waals surface area contributed by atoms with Crippen molar-refractivity contribution < 1.29 is 14.3 Å². The van der Waals surface area contributed by atoms with Gasteiger partial charge in [0.1, 0.15) is 11.1 Å². The molecule has 2 heterocycles. The van der Waals surface area contributed by atoms with Crippen molar-refractivity contribution in [2.45, 2.75) is 6.92 Å². The Morgan fingerprint density at radius 1 is 1.43 bits per heavy atom. The fourth-order valence-electron chi connectivity index (χ4n) is 1.67. The Bertz CT molecular complexity index is 727. The van der Waals surface area contributed by atoms with Crippen LogP contribution in [0.5, 0.6) is 5.88 Å². The normalized spacial score (nSPS) is 10.3. The Hall–Kier alpha value is -1.76. The standard InChI is InChI=1S/C14H12Cl3N3O3/c1-2-22-14(21)10-8-12(23-7-5-11(16)17)19-20(10)13-9(15)4-3-6-18-13/h3-6,8H,2,7H2,1H3. The third-order valence-corrected chi connectivity index (χ3v) is 3.18. The predicted octanol–water partition coefficient (Wildman–Crippen LogP) is 3.80. The van der Waals surface area contributed by atoms with E-state index in [-0.39, 0.29) is 35.1 Å². The average molecular weight is 377 g/mol. The van der Waals surface area contributed by atoms with Gasteiger partial charge in [-0.15, -0.1) is 5.10 Å². The lowest BCUT2D eigenvalue weighted by atomic mass is 10.4. The van der Waals surface area contributed by atoms with Crippen LogP contribution in [-0.4, -0.2) is 33.9 Å². The Morgan fingerprint density at radius 2 is 2.22 bits per heavy atom. The largest absolute Gasteiger partial charge is 0.472 e. The van der Waals surface area contributed by atoms with Crippen molar-refractivity contribution in [2.75, 3.05) is 13.2 Å². The second-order valence-corrected chi connectivity index (χ2v) is 5.53. The highest BCUT2D eigenvalue weighted by Gasteiger charge is 2.20. The van der Waals surface area contributed by atoms with Crippen LogP contribution in [0.15, 0.2) is 35.0 Å². The number of hydrogen-bond acceptors (Lipinski definition) is 5. The van der Waals surface area contributed by atoms with Gasteiger partial charge < -0.3 is 9.47 Å². The maximum Gasteiger partial charge on any atom is 0.357 e. The number of halogens is 3. The maximum absolute atomic E-state index is 12.1. The van der Waals surface area contributed by atoms with Crippen molar-refractivity contribution in [2.24, 2.45) is 0 Å². The zero-order valence-corrected chi connectivity index (χ0v) is 14.3. The number of esters is 1. The number of pyridine rings is 1. The molecule has 0 saturated carbocycles. The highest BCUT2D eigenvalue weighted by Crippen LogP contribution is 2.22. The Kier molecular flexibility index (Phi) is 6.27. The first-order chi connectivity index (χ1) is 11.0. The number of carbonyl (C=O) groups excluding carboxylic acids is 1. The average Bonchev–Trinajstić information content (AvgIpc) is 2.91. The Morgan fingerprint density at radius 3 is 2.87 bits per heavy atom. The van der Waals surface area contributed by atoms with Gasteiger partial charge in [-0.3, -0.25) is 0 Å². The Balaban J connectivity index is 2.38. The molecule has 9 heteroatoms. The minimum absolute atomic E-state index is 0.0721. The van der Waals surface area contributed by atoms with Gasteiger partial charge in [-0.25, -0.2) is 14.5 Å². The van der Waals surface area contributed by atoms with Crippen molar-refractivity contribution in [3.05, 3.63) is 45.7 Å². The second kappa shape index (κ2) is 8.19. The molecule has 0 aliphatic heterocycles. The van der Waals surface area contributed by atoms with E-state index in [2.05, 4.69) is 10.1 Å². The first kappa shape index (κ1) is 17.6. The van der Waals surface area contributed by atoms with Crippen LogP contribution in [0.25, 0.3) is 5.82 Å². The van der Waals surface area contributed by atoms with Gasteiger partial charge in [0.25, 0.3) is 0 Å². The van der Waals surface area contributed by atoms with Gasteiger partial charge in [0.05, 0.1) is 11.6 Å². The van der Waals surface area contributed by atoms with Gasteiger partial charge >= 0.3 is 5.97 Å². The Labute approximate surface area is 147 Å². The second-order valence-electron chi connectivity index (χ2n) is 4.11. The zero-order valence-electron chi connectivity index (χ0n) is 12.0. The summed E-state index contributed by atoms with van der Waals surface area (Å²) in [6.07, 6.45) is 2.98. The molecule has 0 aromatic carbocycles. The molecule has 0 fully saturated rings. The summed E-state index contributed by atoms with van der Waals surface area (Å²) >= 11 is 17.1. The first-order valence-corrected chi connectivity index (χ1v) is 7.68. The van der Waals surface area contributed by atoms with Crippen LogP contribution < -0.4 is 4.74 Å². The molecule has 0 bridgehead atoms. The predicted molar refractivity (Wildman–Crippen MR) is 87.6 cm³/mol. The third kappa shape index (κ3) is 4.60. The number of hydrogen-bond donors (Lipinski definition) is 0. The van der Waals surface area contributed by atoms with Crippen LogP contribution in [0.4, 0.5) is 0 Å². The zero-order chi connectivity index (χ0) is 16.8. The van der Waals surface area contributed by atoms with Gasteiger partial charge in [0.2, 0.25) is 5.88 Å². The minimum Gasteiger partial charge on any atom is -0.472 e. The smallest absolute Gasteiger partial charge is 0.357 e. The topological polar surface area (TPSA) is 66.2 Å². The van der Waals surface area contributed by atoms with Crippen LogP contribution in [0.3, 0.4) is 0 Å². The molecule has 0 spiro atoms. The number of nitrogens with zero attached hydrogens (tertiary/aromatic N) is 3. The molecule has 2 aromatic rings. The molecule has 0 aliphatic rings. The summed E-state index contributed by atoms with van der Waals surface area (Å²) in [7, 11) is 0. The number of rotatable bonds is 6. The van der Waals surface area contributed by atoms with Gasteiger partial charge in [-0.2, -0.15) is 0 Å². The molecule has 23 heavy (non-hydrogen) atoms. The number of ether oxygens (including phenoxy) is 2. The van der Waals surface area contributed by atoms with E-state index >= 15 is 0 Å². The van der Waals surface area contributed by atoms with Crippen molar-refractivity contribution >= 4 is 40.8 Å². The van der Waals surface area contributed by atoms with Crippen molar-refractivity contribution in [1.29, 1.82) is 0 Å². The molecule has 6 nitrogen and oxygen atoms in total. The maximum atomic E-state index is 12.1. The summed E-state index contributed by atoms with van der Waals surface area (Å²) in [4.78, 5) is 16.2. The van der Waals surface area contributed by atoms with E-state index in [0.717, 1.165) is 0 Å². The fraction of sp³-hybridized carbons (Fsp3) is 0.214. The molecule has 2 rings (SSSR count). The molecule has 0 saturated heterocycles. The van der Waals surface area contributed by atoms with Crippen LogP contribution in [0.1, 0.15) is 17.4 Å². The van der Waals surface area contributed by atoms with Crippen LogP contribution >= 0.6 is 34.8 Å². The molecule has 0 atom stereocenters. The SMILES string of the molecule is CCOC(=O)c1cc(OCC=C(Cl)Cl)nn1-c1ncccc1Cl.